The molecule has 0 spiro atoms. The van der Waals surface area contributed by atoms with Crippen LogP contribution in [0, 0.1) is 6.92 Å². The summed E-state index contributed by atoms with van der Waals surface area (Å²) >= 11 is 1.62. The average Bonchev–Trinajstić information content (AvgIpc) is 3.23. The van der Waals surface area contributed by atoms with Gasteiger partial charge in [0.2, 0.25) is 0 Å². The molecule has 0 radical (unpaired) electrons. The topological polar surface area (TPSA) is 84.7 Å². The van der Waals surface area contributed by atoms with Crippen molar-refractivity contribution in [2.45, 2.75) is 51.6 Å². The molecular formula is C16H24N6OS. The van der Waals surface area contributed by atoms with Crippen molar-refractivity contribution in [3.8, 4) is 0 Å². The Morgan fingerprint density at radius 2 is 2.42 bits per heavy atom. The highest BCUT2D eigenvalue weighted by Gasteiger charge is 2.14. The SMILES string of the molecule is Cc1csc(CCNC(=O)c2cn(CCC3CCCCN3)nn2)n1. The van der Waals surface area contributed by atoms with Crippen LogP contribution in [0.25, 0.3) is 0 Å². The Hall–Kier alpha value is -1.80. The Balaban J connectivity index is 1.41. The summed E-state index contributed by atoms with van der Waals surface area (Å²) in [7, 11) is 0. The summed E-state index contributed by atoms with van der Waals surface area (Å²) in [5.74, 6) is -0.176. The molecule has 1 unspecified atom stereocenters. The first-order valence-corrected chi connectivity index (χ1v) is 9.41. The first-order valence-electron chi connectivity index (χ1n) is 8.53. The molecule has 2 aromatic heterocycles. The van der Waals surface area contributed by atoms with Crippen LogP contribution in [0.3, 0.4) is 0 Å². The highest BCUT2D eigenvalue weighted by atomic mass is 32.1. The first-order chi connectivity index (χ1) is 11.7. The number of amides is 1. The van der Waals surface area contributed by atoms with Gasteiger partial charge in [-0.3, -0.25) is 9.48 Å². The molecular weight excluding hydrogens is 324 g/mol. The third-order valence-electron chi connectivity index (χ3n) is 4.18. The number of carbonyl (C=O) groups excluding carboxylic acids is 1. The lowest BCUT2D eigenvalue weighted by Crippen LogP contribution is -2.34. The van der Waals surface area contributed by atoms with Crippen molar-refractivity contribution in [1.82, 2.24) is 30.6 Å². The van der Waals surface area contributed by atoms with E-state index in [1.165, 1.54) is 19.3 Å². The predicted molar refractivity (Wildman–Crippen MR) is 93.2 cm³/mol. The van der Waals surface area contributed by atoms with E-state index in [9.17, 15) is 4.79 Å². The average molecular weight is 348 g/mol. The summed E-state index contributed by atoms with van der Waals surface area (Å²) in [5.41, 5.74) is 1.40. The molecule has 1 fully saturated rings. The zero-order chi connectivity index (χ0) is 16.8. The van der Waals surface area contributed by atoms with Gasteiger partial charge in [-0.2, -0.15) is 0 Å². The maximum Gasteiger partial charge on any atom is 0.273 e. The van der Waals surface area contributed by atoms with Crippen LogP contribution in [0.5, 0.6) is 0 Å². The van der Waals surface area contributed by atoms with Gasteiger partial charge in [-0.1, -0.05) is 11.6 Å². The number of aryl methyl sites for hydroxylation is 2. The zero-order valence-electron chi connectivity index (χ0n) is 14.0. The van der Waals surface area contributed by atoms with Crippen molar-refractivity contribution in [2.75, 3.05) is 13.1 Å². The Bertz CT molecular complexity index is 661. The number of carbonyl (C=O) groups is 1. The summed E-state index contributed by atoms with van der Waals surface area (Å²) in [6, 6.07) is 0.557. The van der Waals surface area contributed by atoms with Crippen LogP contribution in [0.4, 0.5) is 0 Å². The van der Waals surface area contributed by atoms with Gasteiger partial charge in [-0.15, -0.1) is 16.4 Å². The Kier molecular flexibility index (Phi) is 5.92. The maximum absolute atomic E-state index is 12.1. The Morgan fingerprint density at radius 1 is 1.50 bits per heavy atom. The minimum atomic E-state index is -0.176. The quantitative estimate of drug-likeness (QED) is 0.793. The van der Waals surface area contributed by atoms with E-state index in [0.717, 1.165) is 36.6 Å². The minimum absolute atomic E-state index is 0.176. The lowest BCUT2D eigenvalue weighted by atomic mass is 10.0. The monoisotopic (exact) mass is 348 g/mol. The smallest absolute Gasteiger partial charge is 0.273 e. The number of nitrogens with one attached hydrogen (secondary N) is 2. The van der Waals surface area contributed by atoms with Gasteiger partial charge in [-0.25, -0.2) is 4.98 Å². The number of thiazole rings is 1. The Morgan fingerprint density at radius 3 is 3.17 bits per heavy atom. The summed E-state index contributed by atoms with van der Waals surface area (Å²) in [6.07, 6.45) is 7.27. The van der Waals surface area contributed by atoms with E-state index < -0.39 is 0 Å². The molecule has 0 saturated carbocycles. The second-order valence-corrected chi connectivity index (χ2v) is 7.13. The van der Waals surface area contributed by atoms with Gasteiger partial charge >= 0.3 is 0 Å². The van der Waals surface area contributed by atoms with Crippen LogP contribution in [0.15, 0.2) is 11.6 Å². The molecule has 2 aromatic rings. The third-order valence-corrected chi connectivity index (χ3v) is 5.21. The highest BCUT2D eigenvalue weighted by molar-refractivity contribution is 7.09. The van der Waals surface area contributed by atoms with E-state index in [-0.39, 0.29) is 5.91 Å². The van der Waals surface area contributed by atoms with E-state index in [2.05, 4.69) is 25.9 Å². The molecule has 0 bridgehead atoms. The van der Waals surface area contributed by atoms with E-state index in [1.807, 2.05) is 12.3 Å². The minimum Gasteiger partial charge on any atom is -0.350 e. The maximum atomic E-state index is 12.1. The lowest BCUT2D eigenvalue weighted by molar-refractivity contribution is 0.0949. The third kappa shape index (κ3) is 4.85. The van der Waals surface area contributed by atoms with Crippen LogP contribution in [0.2, 0.25) is 0 Å². The second-order valence-electron chi connectivity index (χ2n) is 6.19. The van der Waals surface area contributed by atoms with Crippen LogP contribution >= 0.6 is 11.3 Å². The molecule has 7 nitrogen and oxygen atoms in total. The van der Waals surface area contributed by atoms with Gasteiger partial charge in [0.15, 0.2) is 5.69 Å². The number of aromatic nitrogens is 4. The number of rotatable bonds is 7. The van der Waals surface area contributed by atoms with Gasteiger partial charge in [-0.05, 0) is 32.7 Å². The van der Waals surface area contributed by atoms with Gasteiger partial charge in [0.1, 0.15) is 0 Å². The van der Waals surface area contributed by atoms with Crippen molar-refractivity contribution in [3.05, 3.63) is 28.0 Å². The van der Waals surface area contributed by atoms with Gasteiger partial charge in [0.25, 0.3) is 5.91 Å². The van der Waals surface area contributed by atoms with Gasteiger partial charge in [0, 0.05) is 36.6 Å². The summed E-state index contributed by atoms with van der Waals surface area (Å²) in [4.78, 5) is 16.5. The Labute approximate surface area is 145 Å². The summed E-state index contributed by atoms with van der Waals surface area (Å²) < 4.78 is 1.76. The standard InChI is InChI=1S/C16H24N6OS/c1-12-11-24-15(19-12)5-8-18-16(23)14-10-22(21-20-14)9-6-13-4-2-3-7-17-13/h10-11,13,17H,2-9H2,1H3,(H,18,23). The molecule has 2 N–H and O–H groups in total. The van der Waals surface area contributed by atoms with Crippen molar-refractivity contribution in [2.24, 2.45) is 0 Å². The molecule has 1 atom stereocenters. The molecule has 8 heteroatoms. The number of hydrogen-bond acceptors (Lipinski definition) is 6. The number of piperidine rings is 1. The van der Waals surface area contributed by atoms with E-state index in [1.54, 1.807) is 22.2 Å². The molecule has 3 rings (SSSR count). The van der Waals surface area contributed by atoms with Crippen molar-refractivity contribution >= 4 is 17.2 Å². The molecule has 1 saturated heterocycles. The summed E-state index contributed by atoms with van der Waals surface area (Å²) in [6.45, 7) is 4.43. The highest BCUT2D eigenvalue weighted by Crippen LogP contribution is 2.11. The number of nitrogens with zero attached hydrogens (tertiary/aromatic N) is 4. The molecule has 1 aliphatic rings. The van der Waals surface area contributed by atoms with E-state index >= 15 is 0 Å². The van der Waals surface area contributed by atoms with Crippen LogP contribution in [-0.4, -0.2) is 45.0 Å². The largest absolute Gasteiger partial charge is 0.350 e. The molecule has 24 heavy (non-hydrogen) atoms. The van der Waals surface area contributed by atoms with E-state index in [4.69, 9.17) is 0 Å². The van der Waals surface area contributed by atoms with Crippen LogP contribution in [0.1, 0.15) is 46.9 Å². The van der Waals surface area contributed by atoms with Crippen molar-refractivity contribution < 1.29 is 4.79 Å². The molecule has 3 heterocycles. The lowest BCUT2D eigenvalue weighted by Gasteiger charge is -2.23. The van der Waals surface area contributed by atoms with Crippen LogP contribution < -0.4 is 10.6 Å². The normalized spacial score (nSPS) is 17.8. The summed E-state index contributed by atoms with van der Waals surface area (Å²) in [5, 5.41) is 17.5. The van der Waals surface area contributed by atoms with Crippen molar-refractivity contribution in [3.63, 3.8) is 0 Å². The molecule has 1 aliphatic heterocycles. The molecule has 0 aromatic carbocycles. The molecule has 1 amide bonds. The fourth-order valence-corrected chi connectivity index (χ4v) is 3.64. The fraction of sp³-hybridized carbons (Fsp3) is 0.625. The van der Waals surface area contributed by atoms with Crippen molar-refractivity contribution in [1.29, 1.82) is 0 Å². The van der Waals surface area contributed by atoms with Gasteiger partial charge < -0.3 is 10.6 Å². The number of hydrogen-bond donors (Lipinski definition) is 2. The second kappa shape index (κ2) is 8.34. The molecule has 130 valence electrons. The first kappa shape index (κ1) is 17.0. The predicted octanol–water partition coefficient (Wildman–Crippen LogP) is 1.55. The van der Waals surface area contributed by atoms with Gasteiger partial charge in [0.05, 0.1) is 11.2 Å². The fourth-order valence-electron chi connectivity index (χ4n) is 2.86. The zero-order valence-corrected chi connectivity index (χ0v) is 14.8. The van der Waals surface area contributed by atoms with E-state index in [0.29, 0.717) is 18.3 Å². The van der Waals surface area contributed by atoms with Crippen LogP contribution in [-0.2, 0) is 13.0 Å². The molecule has 0 aliphatic carbocycles.